The van der Waals surface area contributed by atoms with Crippen molar-refractivity contribution in [1.29, 1.82) is 0 Å². The van der Waals surface area contributed by atoms with Gasteiger partial charge in [-0.15, -0.1) is 0 Å². The SMILES string of the molecule is Cc1ccc(NS(=O)(=O)c2cc(Cl)cc(CO)c2C)cc1. The number of aryl methyl sites for hydroxylation is 1. The van der Waals surface area contributed by atoms with Gasteiger partial charge in [-0.3, -0.25) is 4.72 Å². The maximum Gasteiger partial charge on any atom is 0.262 e. The molecule has 4 nitrogen and oxygen atoms in total. The molecule has 112 valence electrons. The lowest BCUT2D eigenvalue weighted by atomic mass is 10.1. The Bertz CT molecular complexity index is 755. The van der Waals surface area contributed by atoms with Crippen LogP contribution < -0.4 is 4.72 Å². The molecule has 0 saturated carbocycles. The molecule has 0 aromatic heterocycles. The number of benzene rings is 2. The van der Waals surface area contributed by atoms with Crippen molar-refractivity contribution in [2.75, 3.05) is 4.72 Å². The summed E-state index contributed by atoms with van der Waals surface area (Å²) in [5.41, 5.74) is 2.50. The zero-order valence-corrected chi connectivity index (χ0v) is 13.3. The number of aliphatic hydroxyl groups is 1. The van der Waals surface area contributed by atoms with E-state index in [1.54, 1.807) is 25.1 Å². The molecule has 2 rings (SSSR count). The Morgan fingerprint density at radius 2 is 1.76 bits per heavy atom. The molecule has 0 radical (unpaired) electrons. The number of nitrogens with one attached hydrogen (secondary N) is 1. The van der Waals surface area contributed by atoms with E-state index in [9.17, 15) is 13.5 Å². The number of hydrogen-bond donors (Lipinski definition) is 2. The Hall–Kier alpha value is -1.56. The molecule has 0 unspecified atom stereocenters. The first kappa shape index (κ1) is 15.8. The Labute approximate surface area is 129 Å². The predicted octanol–water partition coefficient (Wildman–Crippen LogP) is 3.25. The van der Waals surface area contributed by atoms with Crippen molar-refractivity contribution >= 4 is 27.3 Å². The van der Waals surface area contributed by atoms with Gasteiger partial charge >= 0.3 is 0 Å². The summed E-state index contributed by atoms with van der Waals surface area (Å²) in [7, 11) is -3.76. The van der Waals surface area contributed by atoms with Crippen LogP contribution in [0.1, 0.15) is 16.7 Å². The van der Waals surface area contributed by atoms with Crippen LogP contribution in [0.25, 0.3) is 0 Å². The van der Waals surface area contributed by atoms with Crippen LogP contribution in [0, 0.1) is 13.8 Å². The lowest BCUT2D eigenvalue weighted by Gasteiger charge is -2.13. The number of halogens is 1. The molecule has 0 fully saturated rings. The third-order valence-corrected chi connectivity index (χ3v) is 4.92. The van der Waals surface area contributed by atoms with Crippen LogP contribution in [0.15, 0.2) is 41.3 Å². The largest absolute Gasteiger partial charge is 0.392 e. The van der Waals surface area contributed by atoms with E-state index in [-0.39, 0.29) is 16.5 Å². The van der Waals surface area contributed by atoms with Gasteiger partial charge in [-0.05, 0) is 49.2 Å². The summed E-state index contributed by atoms with van der Waals surface area (Å²) in [6.07, 6.45) is 0. The molecule has 2 N–H and O–H groups in total. The van der Waals surface area contributed by atoms with Crippen LogP contribution in [-0.4, -0.2) is 13.5 Å². The summed E-state index contributed by atoms with van der Waals surface area (Å²) in [6, 6.07) is 9.97. The highest BCUT2D eigenvalue weighted by Gasteiger charge is 2.19. The summed E-state index contributed by atoms with van der Waals surface area (Å²) in [5.74, 6) is 0. The Morgan fingerprint density at radius 1 is 1.14 bits per heavy atom. The lowest BCUT2D eigenvalue weighted by Crippen LogP contribution is -2.15. The molecular formula is C15H16ClNO3S. The van der Waals surface area contributed by atoms with E-state index in [0.29, 0.717) is 16.8 Å². The van der Waals surface area contributed by atoms with E-state index in [0.717, 1.165) is 5.56 Å². The minimum atomic E-state index is -3.76. The highest BCUT2D eigenvalue weighted by Crippen LogP contribution is 2.26. The normalized spacial score (nSPS) is 11.4. The van der Waals surface area contributed by atoms with Crippen LogP contribution in [-0.2, 0) is 16.6 Å². The summed E-state index contributed by atoms with van der Waals surface area (Å²) < 4.78 is 27.5. The van der Waals surface area contributed by atoms with Crippen LogP contribution in [0.4, 0.5) is 5.69 Å². The Kier molecular flexibility index (Phi) is 4.56. The topological polar surface area (TPSA) is 66.4 Å². The van der Waals surface area contributed by atoms with E-state index < -0.39 is 10.0 Å². The molecule has 0 bridgehead atoms. The smallest absolute Gasteiger partial charge is 0.262 e. The van der Waals surface area contributed by atoms with Gasteiger partial charge in [-0.1, -0.05) is 29.3 Å². The van der Waals surface area contributed by atoms with Crippen LogP contribution in [0.5, 0.6) is 0 Å². The second-order valence-electron chi connectivity index (χ2n) is 4.82. The highest BCUT2D eigenvalue weighted by molar-refractivity contribution is 7.92. The van der Waals surface area contributed by atoms with E-state index in [2.05, 4.69) is 4.72 Å². The van der Waals surface area contributed by atoms with E-state index in [1.807, 2.05) is 19.1 Å². The second kappa shape index (κ2) is 6.05. The molecule has 21 heavy (non-hydrogen) atoms. The predicted molar refractivity (Wildman–Crippen MR) is 84.1 cm³/mol. The van der Waals surface area contributed by atoms with E-state index in [1.165, 1.54) is 6.07 Å². The molecule has 0 aliphatic carbocycles. The minimum Gasteiger partial charge on any atom is -0.392 e. The molecule has 0 saturated heterocycles. The molecular weight excluding hydrogens is 310 g/mol. The fraction of sp³-hybridized carbons (Fsp3) is 0.200. The average molecular weight is 326 g/mol. The third kappa shape index (κ3) is 3.56. The van der Waals surface area contributed by atoms with Crippen molar-refractivity contribution < 1.29 is 13.5 Å². The zero-order valence-electron chi connectivity index (χ0n) is 11.7. The fourth-order valence-electron chi connectivity index (χ4n) is 1.98. The first-order chi connectivity index (χ1) is 9.83. The number of aliphatic hydroxyl groups excluding tert-OH is 1. The van der Waals surface area contributed by atoms with Gasteiger partial charge in [0.2, 0.25) is 0 Å². The van der Waals surface area contributed by atoms with Crippen molar-refractivity contribution in [1.82, 2.24) is 0 Å². The van der Waals surface area contributed by atoms with Gasteiger partial charge < -0.3 is 5.11 Å². The zero-order chi connectivity index (χ0) is 15.6. The highest BCUT2D eigenvalue weighted by atomic mass is 35.5. The quantitative estimate of drug-likeness (QED) is 0.906. The molecule has 6 heteroatoms. The van der Waals surface area contributed by atoms with Gasteiger partial charge in [0.05, 0.1) is 11.5 Å². The Morgan fingerprint density at radius 3 is 2.33 bits per heavy atom. The summed E-state index contributed by atoms with van der Waals surface area (Å²) >= 11 is 5.93. The molecule has 0 heterocycles. The molecule has 0 atom stereocenters. The van der Waals surface area contributed by atoms with Crippen molar-refractivity contribution in [3.63, 3.8) is 0 Å². The van der Waals surface area contributed by atoms with Gasteiger partial charge in [-0.2, -0.15) is 0 Å². The molecule has 0 aliphatic rings. The standard InChI is InChI=1S/C15H16ClNO3S/c1-10-3-5-14(6-4-10)17-21(19,20)15-8-13(16)7-12(9-18)11(15)2/h3-8,17-18H,9H2,1-2H3. The molecule has 0 amide bonds. The number of anilines is 1. The first-order valence-electron chi connectivity index (χ1n) is 6.33. The Balaban J connectivity index is 2.44. The molecule has 0 spiro atoms. The fourth-order valence-corrected chi connectivity index (χ4v) is 3.66. The average Bonchev–Trinajstić information content (AvgIpc) is 2.43. The maximum atomic E-state index is 12.5. The van der Waals surface area contributed by atoms with Crippen LogP contribution in [0.3, 0.4) is 0 Å². The maximum absolute atomic E-state index is 12.5. The number of sulfonamides is 1. The van der Waals surface area contributed by atoms with Crippen LogP contribution in [0.2, 0.25) is 5.02 Å². The van der Waals surface area contributed by atoms with Crippen LogP contribution >= 0.6 is 11.6 Å². The van der Waals surface area contributed by atoms with Gasteiger partial charge in [0.15, 0.2) is 0 Å². The van der Waals surface area contributed by atoms with Gasteiger partial charge in [0.1, 0.15) is 0 Å². The summed E-state index contributed by atoms with van der Waals surface area (Å²) in [4.78, 5) is 0.0691. The number of rotatable bonds is 4. The van der Waals surface area contributed by atoms with E-state index >= 15 is 0 Å². The lowest BCUT2D eigenvalue weighted by molar-refractivity contribution is 0.280. The van der Waals surface area contributed by atoms with Crippen molar-refractivity contribution in [3.8, 4) is 0 Å². The van der Waals surface area contributed by atoms with Gasteiger partial charge in [0, 0.05) is 10.7 Å². The van der Waals surface area contributed by atoms with Crippen molar-refractivity contribution in [2.24, 2.45) is 0 Å². The molecule has 0 aliphatic heterocycles. The second-order valence-corrected chi connectivity index (χ2v) is 6.90. The monoisotopic (exact) mass is 325 g/mol. The van der Waals surface area contributed by atoms with Crippen molar-refractivity contribution in [2.45, 2.75) is 25.3 Å². The third-order valence-electron chi connectivity index (χ3n) is 3.20. The van der Waals surface area contributed by atoms with E-state index in [4.69, 9.17) is 11.6 Å². The molecule has 2 aromatic rings. The number of hydrogen-bond acceptors (Lipinski definition) is 3. The molecule has 2 aromatic carbocycles. The van der Waals surface area contributed by atoms with Crippen molar-refractivity contribution in [3.05, 3.63) is 58.1 Å². The van der Waals surface area contributed by atoms with Gasteiger partial charge in [-0.25, -0.2) is 8.42 Å². The van der Waals surface area contributed by atoms with Gasteiger partial charge in [0.25, 0.3) is 10.0 Å². The summed E-state index contributed by atoms with van der Waals surface area (Å²) in [5, 5.41) is 9.55. The first-order valence-corrected chi connectivity index (χ1v) is 8.19. The minimum absolute atomic E-state index is 0.0691. The summed E-state index contributed by atoms with van der Waals surface area (Å²) in [6.45, 7) is 3.30.